The predicted octanol–water partition coefficient (Wildman–Crippen LogP) is 2.12. The fourth-order valence-electron chi connectivity index (χ4n) is 2.79. The molecule has 0 saturated carbocycles. The molecule has 2 rings (SSSR count). The minimum absolute atomic E-state index is 0.198. The molecule has 4 nitrogen and oxygen atoms in total. The van der Waals surface area contributed by atoms with Gasteiger partial charge in [-0.1, -0.05) is 13.0 Å². The fourth-order valence-corrected chi connectivity index (χ4v) is 2.79. The van der Waals surface area contributed by atoms with Crippen molar-refractivity contribution in [1.82, 2.24) is 15.1 Å². The number of nitrogens with zero attached hydrogens (tertiary/aromatic N) is 2. The van der Waals surface area contributed by atoms with Gasteiger partial charge in [-0.2, -0.15) is 0 Å². The number of rotatable bonds is 6. The molecule has 6 heteroatoms. The number of likely N-dealkylation sites (N-methyl/N-ethyl adjacent to an activating group) is 1. The molecule has 0 spiro atoms. The summed E-state index contributed by atoms with van der Waals surface area (Å²) in [7, 11) is 0. The molecule has 1 aliphatic heterocycles. The van der Waals surface area contributed by atoms with E-state index in [-0.39, 0.29) is 17.5 Å². The minimum atomic E-state index is -0.679. The Morgan fingerprint density at radius 2 is 1.88 bits per heavy atom. The van der Waals surface area contributed by atoms with Gasteiger partial charge in [-0.25, -0.2) is 8.78 Å². The second-order valence-electron chi connectivity index (χ2n) is 6.03. The van der Waals surface area contributed by atoms with Crippen LogP contribution >= 0.6 is 0 Å². The third-order valence-corrected chi connectivity index (χ3v) is 4.45. The first-order valence-corrected chi connectivity index (χ1v) is 8.37. The van der Waals surface area contributed by atoms with Crippen LogP contribution < -0.4 is 5.32 Å². The molecule has 1 saturated heterocycles. The molecule has 1 aromatic carbocycles. The second-order valence-corrected chi connectivity index (χ2v) is 6.03. The first-order valence-electron chi connectivity index (χ1n) is 8.37. The molecule has 132 valence electrons. The highest BCUT2D eigenvalue weighted by molar-refractivity contribution is 5.91. The molecule has 0 aliphatic carbocycles. The number of amides is 1. The normalized spacial score (nSPS) is 18.0. The van der Waals surface area contributed by atoms with Crippen molar-refractivity contribution in [1.29, 1.82) is 0 Å². The van der Waals surface area contributed by atoms with Crippen molar-refractivity contribution in [3.63, 3.8) is 0 Å². The largest absolute Gasteiger partial charge is 0.351 e. The van der Waals surface area contributed by atoms with Gasteiger partial charge in [0.1, 0.15) is 11.6 Å². The van der Waals surface area contributed by atoms with E-state index in [9.17, 15) is 13.6 Å². The third-order valence-electron chi connectivity index (χ3n) is 4.45. The van der Waals surface area contributed by atoms with E-state index in [4.69, 9.17) is 0 Å². The molecular weight excluding hydrogens is 312 g/mol. The molecule has 1 unspecified atom stereocenters. The summed E-state index contributed by atoms with van der Waals surface area (Å²) < 4.78 is 27.0. The monoisotopic (exact) mass is 337 g/mol. The maximum absolute atomic E-state index is 13.5. The SMILES string of the molecule is CCN1CCN(C(C)CNC(=O)/C=C/c2c(F)cccc2F)CC1. The molecule has 1 aliphatic rings. The van der Waals surface area contributed by atoms with E-state index in [1.165, 1.54) is 30.4 Å². The summed E-state index contributed by atoms with van der Waals surface area (Å²) in [6, 6.07) is 3.85. The number of carbonyl (C=O) groups is 1. The molecule has 1 atom stereocenters. The van der Waals surface area contributed by atoms with Crippen molar-refractivity contribution in [2.45, 2.75) is 19.9 Å². The Morgan fingerprint density at radius 1 is 1.25 bits per heavy atom. The second kappa shape index (κ2) is 8.89. The van der Waals surface area contributed by atoms with Gasteiger partial charge in [-0.05, 0) is 31.7 Å². The molecular formula is C18H25F2N3O. The Kier molecular flexibility index (Phi) is 6.87. The number of halogens is 2. The highest BCUT2D eigenvalue weighted by Gasteiger charge is 2.20. The van der Waals surface area contributed by atoms with Crippen LogP contribution in [0.1, 0.15) is 19.4 Å². The molecule has 1 fully saturated rings. The van der Waals surface area contributed by atoms with Crippen molar-refractivity contribution in [3.8, 4) is 0 Å². The van der Waals surface area contributed by atoms with Crippen LogP contribution in [0.4, 0.5) is 8.78 Å². The zero-order valence-corrected chi connectivity index (χ0v) is 14.3. The number of piperazine rings is 1. The van der Waals surface area contributed by atoms with E-state index in [1.807, 2.05) is 0 Å². The number of hydrogen-bond donors (Lipinski definition) is 1. The molecule has 24 heavy (non-hydrogen) atoms. The molecule has 0 bridgehead atoms. The zero-order valence-electron chi connectivity index (χ0n) is 14.3. The van der Waals surface area contributed by atoms with Crippen LogP contribution in [-0.4, -0.2) is 61.0 Å². The Morgan fingerprint density at radius 3 is 2.46 bits per heavy atom. The summed E-state index contributed by atoms with van der Waals surface area (Å²) in [4.78, 5) is 16.6. The Balaban J connectivity index is 1.80. The van der Waals surface area contributed by atoms with Gasteiger partial charge in [-0.15, -0.1) is 0 Å². The van der Waals surface area contributed by atoms with Gasteiger partial charge in [0.15, 0.2) is 0 Å². The zero-order chi connectivity index (χ0) is 17.5. The highest BCUT2D eigenvalue weighted by Crippen LogP contribution is 2.13. The standard InChI is InChI=1S/C18H25F2N3O/c1-3-22-9-11-23(12-10-22)14(2)13-21-18(24)8-7-15-16(19)5-4-6-17(15)20/h4-8,14H,3,9-13H2,1-2H3,(H,21,24)/b8-7+. The van der Waals surface area contributed by atoms with Gasteiger partial charge in [-0.3, -0.25) is 9.69 Å². The lowest BCUT2D eigenvalue weighted by atomic mass is 10.2. The summed E-state index contributed by atoms with van der Waals surface area (Å²) in [6.07, 6.45) is 2.34. The highest BCUT2D eigenvalue weighted by atomic mass is 19.1. The lowest BCUT2D eigenvalue weighted by Crippen LogP contribution is -2.52. The first-order chi connectivity index (χ1) is 11.5. The lowest BCUT2D eigenvalue weighted by Gasteiger charge is -2.37. The van der Waals surface area contributed by atoms with Crippen LogP contribution in [0.25, 0.3) is 6.08 Å². The van der Waals surface area contributed by atoms with E-state index >= 15 is 0 Å². The Labute approximate surface area is 142 Å². The van der Waals surface area contributed by atoms with Crippen LogP contribution in [0.5, 0.6) is 0 Å². The van der Waals surface area contributed by atoms with Crippen LogP contribution in [0.15, 0.2) is 24.3 Å². The van der Waals surface area contributed by atoms with Crippen molar-refractivity contribution >= 4 is 12.0 Å². The van der Waals surface area contributed by atoms with Gasteiger partial charge in [0, 0.05) is 50.4 Å². The van der Waals surface area contributed by atoms with E-state index < -0.39 is 11.6 Å². The summed E-state index contributed by atoms with van der Waals surface area (Å²) in [5, 5.41) is 2.79. The maximum Gasteiger partial charge on any atom is 0.244 e. The number of hydrogen-bond acceptors (Lipinski definition) is 3. The van der Waals surface area contributed by atoms with Gasteiger partial charge in [0.05, 0.1) is 0 Å². The lowest BCUT2D eigenvalue weighted by molar-refractivity contribution is -0.116. The number of nitrogens with one attached hydrogen (secondary N) is 1. The molecule has 0 aromatic heterocycles. The first kappa shape index (κ1) is 18.5. The van der Waals surface area contributed by atoms with Crippen LogP contribution in [-0.2, 0) is 4.79 Å². The summed E-state index contributed by atoms with van der Waals surface area (Å²) >= 11 is 0. The van der Waals surface area contributed by atoms with Crippen LogP contribution in [0, 0.1) is 11.6 Å². The summed E-state index contributed by atoms with van der Waals surface area (Å²) in [6.45, 7) is 9.86. The Hall–Kier alpha value is -1.79. The summed E-state index contributed by atoms with van der Waals surface area (Å²) in [5.41, 5.74) is -0.198. The van der Waals surface area contributed by atoms with Crippen LogP contribution in [0.3, 0.4) is 0 Å². The average Bonchev–Trinajstić information content (AvgIpc) is 2.59. The van der Waals surface area contributed by atoms with E-state index in [1.54, 1.807) is 0 Å². The smallest absolute Gasteiger partial charge is 0.244 e. The van der Waals surface area contributed by atoms with E-state index in [2.05, 4.69) is 29.0 Å². The Bertz CT molecular complexity index is 563. The molecule has 1 N–H and O–H groups in total. The van der Waals surface area contributed by atoms with Crippen molar-refractivity contribution in [2.75, 3.05) is 39.3 Å². The quantitative estimate of drug-likeness (QED) is 0.808. The van der Waals surface area contributed by atoms with Crippen molar-refractivity contribution in [3.05, 3.63) is 41.5 Å². The van der Waals surface area contributed by atoms with Gasteiger partial charge in [0.25, 0.3) is 0 Å². The fraction of sp³-hybridized carbons (Fsp3) is 0.500. The predicted molar refractivity (Wildman–Crippen MR) is 91.6 cm³/mol. The van der Waals surface area contributed by atoms with Crippen molar-refractivity contribution in [2.24, 2.45) is 0 Å². The van der Waals surface area contributed by atoms with Gasteiger partial charge >= 0.3 is 0 Å². The van der Waals surface area contributed by atoms with Crippen molar-refractivity contribution < 1.29 is 13.6 Å². The number of benzene rings is 1. The average molecular weight is 337 g/mol. The summed E-state index contributed by atoms with van der Waals surface area (Å²) in [5.74, 6) is -1.71. The number of carbonyl (C=O) groups excluding carboxylic acids is 1. The molecule has 1 amide bonds. The minimum Gasteiger partial charge on any atom is -0.351 e. The molecule has 0 radical (unpaired) electrons. The third kappa shape index (κ3) is 5.11. The van der Waals surface area contributed by atoms with E-state index in [0.29, 0.717) is 6.54 Å². The van der Waals surface area contributed by atoms with E-state index in [0.717, 1.165) is 32.7 Å². The molecule has 1 heterocycles. The topological polar surface area (TPSA) is 35.6 Å². The van der Waals surface area contributed by atoms with Crippen LogP contribution in [0.2, 0.25) is 0 Å². The maximum atomic E-state index is 13.5. The van der Waals surface area contributed by atoms with Gasteiger partial charge < -0.3 is 10.2 Å². The molecule has 1 aromatic rings. The van der Waals surface area contributed by atoms with Gasteiger partial charge in [0.2, 0.25) is 5.91 Å².